The summed E-state index contributed by atoms with van der Waals surface area (Å²) in [5.74, 6) is -0.458. The van der Waals surface area contributed by atoms with E-state index in [9.17, 15) is 9.59 Å². The largest absolute Gasteiger partial charge is 0.468 e. The van der Waals surface area contributed by atoms with Crippen LogP contribution in [-0.2, 0) is 19.1 Å². The lowest BCUT2D eigenvalue weighted by molar-refractivity contribution is -0.147. The molecule has 5 heteroatoms. The highest BCUT2D eigenvalue weighted by Crippen LogP contribution is 2.17. The SMILES string of the molecule is COC(=O)C(C)(C)NCCC1CCOC1=O. The average molecular weight is 229 g/mol. The number of rotatable bonds is 5. The quantitative estimate of drug-likeness (QED) is 0.695. The standard InChI is InChI=1S/C11H19NO4/c1-11(2,10(14)15-3)12-6-4-8-5-7-16-9(8)13/h8,12H,4-7H2,1-3H3. The molecule has 0 radical (unpaired) electrons. The molecule has 1 rings (SSSR count). The summed E-state index contributed by atoms with van der Waals surface area (Å²) in [5, 5.41) is 3.07. The second kappa shape index (κ2) is 5.30. The van der Waals surface area contributed by atoms with Gasteiger partial charge in [0.05, 0.1) is 19.6 Å². The lowest BCUT2D eigenvalue weighted by Gasteiger charge is -2.23. The number of methoxy groups -OCH3 is 1. The molecule has 0 saturated carbocycles. The van der Waals surface area contributed by atoms with Gasteiger partial charge in [-0.3, -0.25) is 9.59 Å². The minimum Gasteiger partial charge on any atom is -0.468 e. The summed E-state index contributed by atoms with van der Waals surface area (Å²) < 4.78 is 9.52. The Hall–Kier alpha value is -1.10. The van der Waals surface area contributed by atoms with Gasteiger partial charge in [-0.15, -0.1) is 0 Å². The second-order valence-corrected chi connectivity index (χ2v) is 4.49. The highest BCUT2D eigenvalue weighted by atomic mass is 16.5. The van der Waals surface area contributed by atoms with Crippen LogP contribution < -0.4 is 5.32 Å². The number of hydrogen-bond donors (Lipinski definition) is 1. The van der Waals surface area contributed by atoms with Gasteiger partial charge in [-0.05, 0) is 33.2 Å². The van der Waals surface area contributed by atoms with E-state index in [4.69, 9.17) is 4.74 Å². The number of nitrogens with one attached hydrogen (secondary N) is 1. The van der Waals surface area contributed by atoms with E-state index in [0.29, 0.717) is 19.6 Å². The van der Waals surface area contributed by atoms with Gasteiger partial charge >= 0.3 is 11.9 Å². The molecule has 0 bridgehead atoms. The van der Waals surface area contributed by atoms with Crippen molar-refractivity contribution in [2.45, 2.75) is 32.2 Å². The normalized spacial score (nSPS) is 20.7. The van der Waals surface area contributed by atoms with Crippen molar-refractivity contribution in [3.8, 4) is 0 Å². The summed E-state index contributed by atoms with van der Waals surface area (Å²) in [5.41, 5.74) is -0.711. The van der Waals surface area contributed by atoms with Gasteiger partial charge in [-0.1, -0.05) is 0 Å². The van der Waals surface area contributed by atoms with E-state index in [1.807, 2.05) is 0 Å². The van der Waals surface area contributed by atoms with Crippen LogP contribution in [0.1, 0.15) is 26.7 Å². The van der Waals surface area contributed by atoms with Crippen LogP contribution in [0.25, 0.3) is 0 Å². The number of carbonyl (C=O) groups is 2. The van der Waals surface area contributed by atoms with Crippen molar-refractivity contribution >= 4 is 11.9 Å². The molecule has 1 unspecified atom stereocenters. The van der Waals surface area contributed by atoms with Crippen molar-refractivity contribution < 1.29 is 19.1 Å². The van der Waals surface area contributed by atoms with E-state index < -0.39 is 5.54 Å². The molecule has 1 heterocycles. The maximum Gasteiger partial charge on any atom is 0.325 e. The summed E-state index contributed by atoms with van der Waals surface area (Å²) in [4.78, 5) is 22.5. The first-order chi connectivity index (χ1) is 7.47. The molecule has 1 aliphatic heterocycles. The molecule has 1 aliphatic rings. The smallest absolute Gasteiger partial charge is 0.325 e. The Labute approximate surface area is 95.5 Å². The molecule has 0 aromatic rings. The molecule has 1 fully saturated rings. The van der Waals surface area contributed by atoms with Crippen LogP contribution in [0.5, 0.6) is 0 Å². The summed E-state index contributed by atoms with van der Waals surface area (Å²) >= 11 is 0. The fourth-order valence-corrected chi connectivity index (χ4v) is 1.69. The van der Waals surface area contributed by atoms with Gasteiger partial charge in [0.1, 0.15) is 5.54 Å². The Kier molecular flexibility index (Phi) is 4.29. The molecule has 92 valence electrons. The molecule has 0 aliphatic carbocycles. The van der Waals surface area contributed by atoms with Crippen LogP contribution in [-0.4, -0.2) is 37.7 Å². The lowest BCUT2D eigenvalue weighted by atomic mass is 10.0. The lowest BCUT2D eigenvalue weighted by Crippen LogP contribution is -2.48. The van der Waals surface area contributed by atoms with Crippen molar-refractivity contribution in [1.29, 1.82) is 0 Å². The summed E-state index contributed by atoms with van der Waals surface area (Å²) in [6.07, 6.45) is 1.47. The average Bonchev–Trinajstić information content (AvgIpc) is 2.63. The highest BCUT2D eigenvalue weighted by molar-refractivity contribution is 5.79. The molecule has 1 saturated heterocycles. The Morgan fingerprint density at radius 3 is 2.81 bits per heavy atom. The van der Waals surface area contributed by atoms with E-state index >= 15 is 0 Å². The Morgan fingerprint density at radius 1 is 1.62 bits per heavy atom. The molecule has 1 N–H and O–H groups in total. The van der Waals surface area contributed by atoms with E-state index in [-0.39, 0.29) is 17.9 Å². The first-order valence-electron chi connectivity index (χ1n) is 5.47. The number of ether oxygens (including phenoxy) is 2. The minimum absolute atomic E-state index is 0.0269. The summed E-state index contributed by atoms with van der Waals surface area (Å²) in [7, 11) is 1.36. The molecule has 5 nitrogen and oxygen atoms in total. The molecule has 16 heavy (non-hydrogen) atoms. The summed E-state index contributed by atoms with van der Waals surface area (Å²) in [6.45, 7) is 4.63. The Bertz CT molecular complexity index is 275. The fraction of sp³-hybridized carbons (Fsp3) is 0.818. The molecule has 1 atom stereocenters. The first kappa shape index (κ1) is 13.0. The number of esters is 2. The second-order valence-electron chi connectivity index (χ2n) is 4.49. The monoisotopic (exact) mass is 229 g/mol. The van der Waals surface area contributed by atoms with Gasteiger partial charge in [0.15, 0.2) is 0 Å². The Morgan fingerprint density at radius 2 is 2.31 bits per heavy atom. The number of cyclic esters (lactones) is 1. The van der Waals surface area contributed by atoms with E-state index in [0.717, 1.165) is 6.42 Å². The number of carbonyl (C=O) groups excluding carboxylic acids is 2. The van der Waals surface area contributed by atoms with Crippen LogP contribution in [0.3, 0.4) is 0 Å². The van der Waals surface area contributed by atoms with Crippen molar-refractivity contribution in [3.05, 3.63) is 0 Å². The van der Waals surface area contributed by atoms with Crippen molar-refractivity contribution in [1.82, 2.24) is 5.32 Å². The van der Waals surface area contributed by atoms with Crippen molar-refractivity contribution in [2.75, 3.05) is 20.3 Å². The van der Waals surface area contributed by atoms with Crippen LogP contribution in [0.4, 0.5) is 0 Å². The third-order valence-electron chi connectivity index (χ3n) is 2.80. The molecule has 0 spiro atoms. The maximum atomic E-state index is 11.3. The molecular formula is C11H19NO4. The molecular weight excluding hydrogens is 210 g/mol. The minimum atomic E-state index is -0.711. The maximum absolute atomic E-state index is 11.3. The zero-order valence-corrected chi connectivity index (χ0v) is 10.0. The zero-order chi connectivity index (χ0) is 12.2. The molecule has 0 amide bonds. The molecule has 0 aromatic heterocycles. The van der Waals surface area contributed by atoms with Gasteiger partial charge in [0.2, 0.25) is 0 Å². The van der Waals surface area contributed by atoms with E-state index in [1.54, 1.807) is 13.8 Å². The van der Waals surface area contributed by atoms with Crippen LogP contribution in [0, 0.1) is 5.92 Å². The third-order valence-corrected chi connectivity index (χ3v) is 2.80. The van der Waals surface area contributed by atoms with Crippen LogP contribution in [0.2, 0.25) is 0 Å². The van der Waals surface area contributed by atoms with Crippen molar-refractivity contribution in [2.24, 2.45) is 5.92 Å². The highest BCUT2D eigenvalue weighted by Gasteiger charge is 2.30. The predicted molar refractivity (Wildman–Crippen MR) is 57.8 cm³/mol. The van der Waals surface area contributed by atoms with Gasteiger partial charge in [-0.25, -0.2) is 0 Å². The molecule has 0 aromatic carbocycles. The van der Waals surface area contributed by atoms with Crippen LogP contribution in [0.15, 0.2) is 0 Å². The van der Waals surface area contributed by atoms with Gasteiger partial charge < -0.3 is 14.8 Å². The number of hydrogen-bond acceptors (Lipinski definition) is 5. The summed E-state index contributed by atoms with van der Waals surface area (Å²) in [6, 6.07) is 0. The Balaban J connectivity index is 2.29. The van der Waals surface area contributed by atoms with Gasteiger partial charge in [0.25, 0.3) is 0 Å². The van der Waals surface area contributed by atoms with Gasteiger partial charge in [0, 0.05) is 0 Å². The predicted octanol–water partition coefficient (Wildman–Crippen LogP) is 0.481. The topological polar surface area (TPSA) is 64.6 Å². The van der Waals surface area contributed by atoms with Gasteiger partial charge in [-0.2, -0.15) is 0 Å². The van der Waals surface area contributed by atoms with Crippen LogP contribution >= 0.6 is 0 Å². The van der Waals surface area contributed by atoms with Crippen molar-refractivity contribution in [3.63, 3.8) is 0 Å². The van der Waals surface area contributed by atoms with E-state index in [2.05, 4.69) is 10.1 Å². The fourth-order valence-electron chi connectivity index (χ4n) is 1.69. The van der Waals surface area contributed by atoms with E-state index in [1.165, 1.54) is 7.11 Å². The third kappa shape index (κ3) is 3.20. The zero-order valence-electron chi connectivity index (χ0n) is 10.0. The first-order valence-corrected chi connectivity index (χ1v) is 5.47.